The first-order valence-corrected chi connectivity index (χ1v) is 7.37. The van der Waals surface area contributed by atoms with Crippen molar-refractivity contribution in [3.63, 3.8) is 0 Å². The highest BCUT2D eigenvalue weighted by Gasteiger charge is 2.22. The number of nitrogens with zero attached hydrogens (tertiary/aromatic N) is 1. The molecule has 1 aliphatic heterocycles. The number of rotatable bonds is 4. The van der Waals surface area contributed by atoms with Gasteiger partial charge in [-0.3, -0.25) is 4.90 Å². The van der Waals surface area contributed by atoms with E-state index in [1.165, 1.54) is 0 Å². The first-order valence-electron chi connectivity index (χ1n) is 7.37. The minimum absolute atomic E-state index is 0.117. The maximum atomic E-state index is 8.65. The van der Waals surface area contributed by atoms with Crippen molar-refractivity contribution in [2.45, 2.75) is 26.0 Å². The van der Waals surface area contributed by atoms with E-state index in [1.807, 2.05) is 24.3 Å². The fourth-order valence-electron chi connectivity index (χ4n) is 2.34. The van der Waals surface area contributed by atoms with Crippen LogP contribution < -0.4 is 4.74 Å². The fraction of sp³-hybridized carbons (Fsp3) is 0.529. The number of hydrogen-bond donors (Lipinski definition) is 1. The van der Waals surface area contributed by atoms with Crippen molar-refractivity contribution in [2.24, 2.45) is 0 Å². The normalized spacial score (nSPS) is 22.4. The molecular weight excluding hydrogens is 266 g/mol. The fourth-order valence-corrected chi connectivity index (χ4v) is 2.34. The summed E-state index contributed by atoms with van der Waals surface area (Å²) in [5, 5.41) is 8.65. The molecule has 1 aromatic carbocycles. The van der Waals surface area contributed by atoms with Gasteiger partial charge in [0.2, 0.25) is 0 Å². The van der Waals surface area contributed by atoms with Crippen LogP contribution in [0.3, 0.4) is 0 Å². The second-order valence-electron chi connectivity index (χ2n) is 5.32. The van der Waals surface area contributed by atoms with Crippen molar-refractivity contribution in [1.29, 1.82) is 0 Å². The summed E-state index contributed by atoms with van der Waals surface area (Å²) in [5.74, 6) is 6.33. The summed E-state index contributed by atoms with van der Waals surface area (Å²) < 4.78 is 11.4. The molecule has 2 rings (SSSR count). The Bertz CT molecular complexity index is 489. The lowest BCUT2D eigenvalue weighted by atomic mass is 10.2. The molecule has 4 heteroatoms. The van der Waals surface area contributed by atoms with Crippen molar-refractivity contribution in [3.05, 3.63) is 29.8 Å². The van der Waals surface area contributed by atoms with E-state index in [1.54, 1.807) is 0 Å². The van der Waals surface area contributed by atoms with Crippen LogP contribution in [0.15, 0.2) is 24.3 Å². The van der Waals surface area contributed by atoms with Gasteiger partial charge >= 0.3 is 0 Å². The molecular formula is C17H23NO3. The Morgan fingerprint density at radius 1 is 1.33 bits per heavy atom. The Morgan fingerprint density at radius 3 is 2.81 bits per heavy atom. The van der Waals surface area contributed by atoms with Crippen molar-refractivity contribution in [1.82, 2.24) is 4.90 Å². The van der Waals surface area contributed by atoms with Crippen LogP contribution in [0.2, 0.25) is 0 Å². The molecule has 21 heavy (non-hydrogen) atoms. The Kier molecular flexibility index (Phi) is 6.06. The van der Waals surface area contributed by atoms with Gasteiger partial charge in [-0.05, 0) is 38.1 Å². The average molecular weight is 289 g/mol. The third-order valence-corrected chi connectivity index (χ3v) is 3.55. The maximum Gasteiger partial charge on any atom is 0.119 e. The maximum absolute atomic E-state index is 8.65. The molecule has 0 amide bonds. The molecule has 1 heterocycles. The van der Waals surface area contributed by atoms with Crippen LogP contribution in [0.1, 0.15) is 19.4 Å². The monoisotopic (exact) mass is 289 g/mol. The molecule has 2 unspecified atom stereocenters. The van der Waals surface area contributed by atoms with Crippen molar-refractivity contribution >= 4 is 0 Å². The van der Waals surface area contributed by atoms with Gasteiger partial charge in [0.25, 0.3) is 0 Å². The van der Waals surface area contributed by atoms with Gasteiger partial charge in [0, 0.05) is 24.7 Å². The number of morpholine rings is 1. The van der Waals surface area contributed by atoms with Gasteiger partial charge in [0.1, 0.15) is 19.0 Å². The van der Waals surface area contributed by atoms with Gasteiger partial charge in [-0.2, -0.15) is 0 Å². The summed E-state index contributed by atoms with van der Waals surface area (Å²) in [4.78, 5) is 2.40. The second-order valence-corrected chi connectivity index (χ2v) is 5.32. The number of benzene rings is 1. The smallest absolute Gasteiger partial charge is 0.119 e. The van der Waals surface area contributed by atoms with Gasteiger partial charge in [-0.25, -0.2) is 0 Å². The summed E-state index contributed by atoms with van der Waals surface area (Å²) in [7, 11) is 0. The summed E-state index contributed by atoms with van der Waals surface area (Å²) in [6.45, 7) is 7.49. The van der Waals surface area contributed by atoms with Gasteiger partial charge in [-0.1, -0.05) is 11.8 Å². The highest BCUT2D eigenvalue weighted by atomic mass is 16.5. The van der Waals surface area contributed by atoms with E-state index in [-0.39, 0.29) is 6.61 Å². The Morgan fingerprint density at radius 2 is 2.10 bits per heavy atom. The molecule has 0 spiro atoms. The summed E-state index contributed by atoms with van der Waals surface area (Å²) in [5.41, 5.74) is 0.882. The lowest BCUT2D eigenvalue weighted by Gasteiger charge is -2.36. The zero-order valence-corrected chi connectivity index (χ0v) is 12.7. The number of ether oxygens (including phenoxy) is 2. The van der Waals surface area contributed by atoms with Crippen molar-refractivity contribution < 1.29 is 14.6 Å². The van der Waals surface area contributed by atoms with Crippen LogP contribution in [-0.4, -0.2) is 55.1 Å². The molecule has 1 N–H and O–H groups in total. The molecule has 0 aromatic heterocycles. The summed E-state index contributed by atoms with van der Waals surface area (Å²) in [6, 6.07) is 8.06. The van der Waals surface area contributed by atoms with E-state index >= 15 is 0 Å². The predicted octanol–water partition coefficient (Wildman–Crippen LogP) is 1.52. The average Bonchev–Trinajstić information content (AvgIpc) is 2.50. The second kappa shape index (κ2) is 8.04. The van der Waals surface area contributed by atoms with Gasteiger partial charge in [0.15, 0.2) is 0 Å². The SMILES string of the molecule is CC1CN(CCOc2ccc(C#CCO)cc2)C(C)CO1. The molecule has 114 valence electrons. The number of aliphatic hydroxyl groups excluding tert-OH is 1. The van der Waals surface area contributed by atoms with Crippen molar-refractivity contribution in [2.75, 3.05) is 32.9 Å². The Labute approximate surface area is 126 Å². The standard InChI is InChI=1S/C17H23NO3/c1-14-13-21-15(2)12-18(14)9-11-20-17-7-5-16(6-8-17)4-3-10-19/h5-8,14-15,19H,9-13H2,1-2H3. The lowest BCUT2D eigenvalue weighted by Crippen LogP contribution is -2.48. The molecule has 4 nitrogen and oxygen atoms in total. The number of aliphatic hydroxyl groups is 1. The molecule has 2 atom stereocenters. The van der Waals surface area contributed by atoms with E-state index in [4.69, 9.17) is 14.6 Å². The lowest BCUT2D eigenvalue weighted by molar-refractivity contribution is -0.0522. The van der Waals surface area contributed by atoms with Crippen LogP contribution in [0.4, 0.5) is 0 Å². The third kappa shape index (κ3) is 5.05. The minimum atomic E-state index is -0.117. The topological polar surface area (TPSA) is 41.9 Å². The van der Waals surface area contributed by atoms with E-state index in [9.17, 15) is 0 Å². The van der Waals surface area contributed by atoms with E-state index in [0.717, 1.165) is 31.0 Å². The molecule has 0 bridgehead atoms. The summed E-state index contributed by atoms with van der Waals surface area (Å²) in [6.07, 6.45) is 0.297. The molecule has 1 saturated heterocycles. The third-order valence-electron chi connectivity index (χ3n) is 3.55. The molecule has 0 saturated carbocycles. The molecule has 0 radical (unpaired) electrons. The minimum Gasteiger partial charge on any atom is -0.492 e. The first-order chi connectivity index (χ1) is 10.2. The van der Waals surface area contributed by atoms with E-state index in [0.29, 0.717) is 18.8 Å². The highest BCUT2D eigenvalue weighted by Crippen LogP contribution is 2.13. The van der Waals surface area contributed by atoms with Gasteiger partial charge in [-0.15, -0.1) is 0 Å². The highest BCUT2D eigenvalue weighted by molar-refractivity contribution is 5.38. The van der Waals surface area contributed by atoms with Crippen LogP contribution in [0, 0.1) is 11.8 Å². The zero-order valence-electron chi connectivity index (χ0n) is 12.7. The van der Waals surface area contributed by atoms with Crippen LogP contribution in [-0.2, 0) is 4.74 Å². The Hall–Kier alpha value is -1.54. The van der Waals surface area contributed by atoms with Crippen LogP contribution in [0.25, 0.3) is 0 Å². The predicted molar refractivity (Wildman–Crippen MR) is 82.3 cm³/mol. The number of hydrogen-bond acceptors (Lipinski definition) is 4. The summed E-state index contributed by atoms with van der Waals surface area (Å²) >= 11 is 0. The van der Waals surface area contributed by atoms with Gasteiger partial charge < -0.3 is 14.6 Å². The molecule has 1 fully saturated rings. The Balaban J connectivity index is 1.77. The molecule has 0 aliphatic carbocycles. The largest absolute Gasteiger partial charge is 0.492 e. The van der Waals surface area contributed by atoms with E-state index in [2.05, 4.69) is 30.6 Å². The quantitative estimate of drug-likeness (QED) is 0.853. The van der Waals surface area contributed by atoms with Crippen LogP contribution >= 0.6 is 0 Å². The van der Waals surface area contributed by atoms with E-state index < -0.39 is 0 Å². The molecule has 1 aromatic rings. The van der Waals surface area contributed by atoms with Crippen LogP contribution in [0.5, 0.6) is 5.75 Å². The molecule has 1 aliphatic rings. The van der Waals surface area contributed by atoms with Crippen molar-refractivity contribution in [3.8, 4) is 17.6 Å². The first kappa shape index (κ1) is 15.8. The zero-order chi connectivity index (χ0) is 15.1. The van der Waals surface area contributed by atoms with Gasteiger partial charge in [0.05, 0.1) is 12.7 Å².